The van der Waals surface area contributed by atoms with Gasteiger partial charge in [0.25, 0.3) is 0 Å². The zero-order chi connectivity index (χ0) is 21.3. The lowest BCUT2D eigenvalue weighted by atomic mass is 9.92. The Labute approximate surface area is 182 Å². The Morgan fingerprint density at radius 3 is 2.27 bits per heavy atom. The van der Waals surface area contributed by atoms with E-state index in [0.29, 0.717) is 24.9 Å². The van der Waals surface area contributed by atoms with Gasteiger partial charge in [-0.15, -0.1) is 0 Å². The van der Waals surface area contributed by atoms with Gasteiger partial charge < -0.3 is 14.7 Å². The van der Waals surface area contributed by atoms with E-state index in [-0.39, 0.29) is 11.8 Å². The van der Waals surface area contributed by atoms with Crippen LogP contribution in [-0.2, 0) is 16.1 Å². The maximum absolute atomic E-state index is 12.9. The molecule has 0 unspecified atom stereocenters. The normalized spacial score (nSPS) is 19.1. The summed E-state index contributed by atoms with van der Waals surface area (Å²) >= 11 is 0. The van der Waals surface area contributed by atoms with Crippen molar-refractivity contribution >= 4 is 11.8 Å². The molecule has 30 heavy (non-hydrogen) atoms. The maximum Gasteiger partial charge on any atom is 0.225 e. The van der Waals surface area contributed by atoms with E-state index in [1.807, 2.05) is 30.1 Å². The second kappa shape index (κ2) is 11.5. The highest BCUT2D eigenvalue weighted by Gasteiger charge is 2.32. The van der Waals surface area contributed by atoms with Crippen LogP contribution in [0.3, 0.4) is 0 Å². The Morgan fingerprint density at radius 2 is 1.63 bits per heavy atom. The van der Waals surface area contributed by atoms with Gasteiger partial charge in [-0.3, -0.25) is 9.59 Å². The Hall–Kier alpha value is -1.88. The summed E-state index contributed by atoms with van der Waals surface area (Å²) in [6.45, 7) is 6.66. The van der Waals surface area contributed by atoms with Crippen LogP contribution in [0.1, 0.15) is 63.9 Å². The molecule has 0 aromatic heterocycles. The molecule has 1 aromatic carbocycles. The predicted molar refractivity (Wildman–Crippen MR) is 121 cm³/mol. The van der Waals surface area contributed by atoms with Gasteiger partial charge in [-0.1, -0.05) is 50.1 Å². The van der Waals surface area contributed by atoms with E-state index < -0.39 is 0 Å². The third kappa shape index (κ3) is 6.31. The minimum Gasteiger partial charge on any atom is -0.343 e. The Morgan fingerprint density at radius 1 is 0.967 bits per heavy atom. The van der Waals surface area contributed by atoms with Crippen LogP contribution in [0.4, 0.5) is 0 Å². The van der Waals surface area contributed by atoms with Gasteiger partial charge >= 0.3 is 0 Å². The zero-order valence-corrected chi connectivity index (χ0v) is 18.9. The molecule has 0 atom stereocenters. The highest BCUT2D eigenvalue weighted by molar-refractivity contribution is 5.78. The van der Waals surface area contributed by atoms with Crippen molar-refractivity contribution in [1.29, 1.82) is 0 Å². The summed E-state index contributed by atoms with van der Waals surface area (Å²) in [4.78, 5) is 31.7. The number of hydrogen-bond donors (Lipinski definition) is 0. The fourth-order valence-corrected chi connectivity index (χ4v) is 4.92. The molecule has 2 aliphatic rings. The van der Waals surface area contributed by atoms with Gasteiger partial charge in [0.1, 0.15) is 0 Å². The first-order chi connectivity index (χ1) is 14.6. The molecule has 2 heterocycles. The molecular formula is C25H39N3O2. The number of amides is 2. The summed E-state index contributed by atoms with van der Waals surface area (Å²) < 4.78 is 0. The number of hydrogen-bond acceptors (Lipinski definition) is 3. The van der Waals surface area contributed by atoms with Gasteiger partial charge in [0.05, 0.1) is 0 Å². The lowest BCUT2D eigenvalue weighted by Crippen LogP contribution is -2.50. The fourth-order valence-electron chi connectivity index (χ4n) is 4.92. The molecule has 5 heteroatoms. The van der Waals surface area contributed by atoms with Crippen LogP contribution in [0.5, 0.6) is 0 Å². The monoisotopic (exact) mass is 413 g/mol. The van der Waals surface area contributed by atoms with Crippen LogP contribution < -0.4 is 0 Å². The molecule has 0 spiro atoms. The van der Waals surface area contributed by atoms with Gasteiger partial charge in [0, 0.05) is 45.1 Å². The summed E-state index contributed by atoms with van der Waals surface area (Å²) in [6, 6.07) is 10.8. The maximum atomic E-state index is 12.9. The zero-order valence-electron chi connectivity index (χ0n) is 18.9. The first-order valence-electron chi connectivity index (χ1n) is 11.9. The van der Waals surface area contributed by atoms with Crippen LogP contribution in [0.15, 0.2) is 30.3 Å². The van der Waals surface area contributed by atoms with Crippen LogP contribution in [0.25, 0.3) is 0 Å². The minimum absolute atomic E-state index is 0.148. The van der Waals surface area contributed by atoms with Crippen molar-refractivity contribution < 1.29 is 9.59 Å². The van der Waals surface area contributed by atoms with E-state index in [1.165, 1.54) is 5.56 Å². The molecule has 1 aromatic rings. The summed E-state index contributed by atoms with van der Waals surface area (Å²) in [5.41, 5.74) is 1.18. The Kier molecular flexibility index (Phi) is 8.74. The van der Waals surface area contributed by atoms with Crippen molar-refractivity contribution in [1.82, 2.24) is 14.7 Å². The van der Waals surface area contributed by atoms with Crippen LogP contribution in [-0.4, -0.2) is 65.8 Å². The lowest BCUT2D eigenvalue weighted by Gasteiger charge is -2.42. The van der Waals surface area contributed by atoms with Crippen molar-refractivity contribution in [2.75, 3.05) is 33.2 Å². The van der Waals surface area contributed by atoms with Gasteiger partial charge in [-0.25, -0.2) is 0 Å². The minimum atomic E-state index is 0.148. The molecule has 0 bridgehead atoms. The molecular weight excluding hydrogens is 374 g/mol. The van der Waals surface area contributed by atoms with Gasteiger partial charge in [0.2, 0.25) is 11.8 Å². The summed E-state index contributed by atoms with van der Waals surface area (Å²) in [7, 11) is 1.93. The number of piperidine rings is 2. The molecule has 3 rings (SSSR count). The third-order valence-electron chi connectivity index (χ3n) is 6.85. The quantitative estimate of drug-likeness (QED) is 0.607. The molecule has 2 amide bonds. The predicted octanol–water partition coefficient (Wildman–Crippen LogP) is 3.93. The molecule has 0 saturated carbocycles. The average Bonchev–Trinajstić information content (AvgIpc) is 2.79. The van der Waals surface area contributed by atoms with Crippen molar-refractivity contribution in [3.63, 3.8) is 0 Å². The van der Waals surface area contributed by atoms with Crippen molar-refractivity contribution in [2.24, 2.45) is 5.92 Å². The fraction of sp³-hybridized carbons (Fsp3) is 0.680. The number of carbonyl (C=O) groups excluding carboxylic acids is 2. The average molecular weight is 414 g/mol. The molecule has 0 N–H and O–H groups in total. The van der Waals surface area contributed by atoms with E-state index in [4.69, 9.17) is 0 Å². The second-order valence-electron chi connectivity index (χ2n) is 9.06. The molecule has 0 aliphatic carbocycles. The van der Waals surface area contributed by atoms with E-state index in [2.05, 4.69) is 28.9 Å². The van der Waals surface area contributed by atoms with Gasteiger partial charge in [0.15, 0.2) is 0 Å². The number of likely N-dealkylation sites (tertiary alicyclic amines) is 2. The topological polar surface area (TPSA) is 43.9 Å². The van der Waals surface area contributed by atoms with Crippen molar-refractivity contribution in [2.45, 2.75) is 70.9 Å². The largest absolute Gasteiger partial charge is 0.343 e. The van der Waals surface area contributed by atoms with Crippen molar-refractivity contribution in [3.05, 3.63) is 35.9 Å². The molecule has 2 aliphatic heterocycles. The van der Waals surface area contributed by atoms with E-state index in [0.717, 1.165) is 71.1 Å². The highest BCUT2D eigenvalue weighted by Crippen LogP contribution is 2.25. The van der Waals surface area contributed by atoms with E-state index in [1.54, 1.807) is 0 Å². The second-order valence-corrected chi connectivity index (χ2v) is 9.06. The standard InChI is InChI=1S/C25H39N3O2/c1-3-4-6-11-24(29)28-18-14-23(15-19-28)27-16-12-22(13-17-27)25(30)26(2)20-21-9-7-5-8-10-21/h5,7-10,22-23H,3-4,6,11-20H2,1-2H3. The first-order valence-corrected chi connectivity index (χ1v) is 11.9. The first kappa shape index (κ1) is 22.8. The lowest BCUT2D eigenvalue weighted by molar-refractivity contribution is -0.137. The summed E-state index contributed by atoms with van der Waals surface area (Å²) in [5, 5.41) is 0. The van der Waals surface area contributed by atoms with Gasteiger partial charge in [-0.2, -0.15) is 0 Å². The molecule has 5 nitrogen and oxygen atoms in total. The molecule has 166 valence electrons. The van der Waals surface area contributed by atoms with Crippen LogP contribution >= 0.6 is 0 Å². The van der Waals surface area contributed by atoms with E-state index in [9.17, 15) is 9.59 Å². The Balaban J connectivity index is 1.38. The summed E-state index contributed by atoms with van der Waals surface area (Å²) in [6.07, 6.45) is 8.10. The van der Waals surface area contributed by atoms with Crippen molar-refractivity contribution in [3.8, 4) is 0 Å². The summed E-state index contributed by atoms with van der Waals surface area (Å²) in [5.74, 6) is 0.772. The van der Waals surface area contributed by atoms with Crippen LogP contribution in [0, 0.1) is 5.92 Å². The van der Waals surface area contributed by atoms with Gasteiger partial charge in [-0.05, 0) is 50.8 Å². The number of carbonyl (C=O) groups is 2. The smallest absolute Gasteiger partial charge is 0.225 e. The SMILES string of the molecule is CCCCCC(=O)N1CCC(N2CCC(C(=O)N(C)Cc3ccccc3)CC2)CC1. The molecule has 2 saturated heterocycles. The molecule has 2 fully saturated rings. The Bertz CT molecular complexity index is 662. The number of nitrogens with zero attached hydrogens (tertiary/aromatic N) is 3. The highest BCUT2D eigenvalue weighted by atomic mass is 16.2. The van der Waals surface area contributed by atoms with Crippen LogP contribution in [0.2, 0.25) is 0 Å². The number of unbranched alkanes of at least 4 members (excludes halogenated alkanes) is 2. The van der Waals surface area contributed by atoms with E-state index >= 15 is 0 Å². The third-order valence-corrected chi connectivity index (χ3v) is 6.85. The number of benzene rings is 1. The molecule has 0 radical (unpaired) electrons. The number of rotatable bonds is 8.